The summed E-state index contributed by atoms with van der Waals surface area (Å²) >= 11 is 0. The molecule has 3 rings (SSSR count). The van der Waals surface area contributed by atoms with Crippen molar-refractivity contribution in [2.45, 2.75) is 12.4 Å². The number of aliphatic imine (C=N–C) groups is 1. The lowest BCUT2D eigenvalue weighted by Gasteiger charge is -2.14. The highest BCUT2D eigenvalue weighted by atomic mass is 19.1. The first kappa shape index (κ1) is 9.88. The van der Waals surface area contributed by atoms with Crippen LogP contribution in [0.1, 0.15) is 6.23 Å². The minimum atomic E-state index is -1.22. The minimum absolute atomic E-state index is 0.370. The van der Waals surface area contributed by atoms with E-state index in [4.69, 9.17) is 4.74 Å². The van der Waals surface area contributed by atoms with Crippen LogP contribution in [0, 0.1) is 0 Å². The number of fused-ring (bicyclic) bond motifs is 1. The maximum Gasteiger partial charge on any atom is 0.212 e. The highest BCUT2D eigenvalue weighted by Crippen LogP contribution is 2.28. The van der Waals surface area contributed by atoms with Crippen LogP contribution in [-0.2, 0) is 4.74 Å². The lowest BCUT2D eigenvalue weighted by atomic mass is 10.3. The molecule has 0 fully saturated rings. The normalized spacial score (nSPS) is 22.9. The van der Waals surface area contributed by atoms with Gasteiger partial charge in [-0.1, -0.05) is 0 Å². The minimum Gasteiger partial charge on any atom is -0.474 e. The summed E-state index contributed by atoms with van der Waals surface area (Å²) in [4.78, 5) is 15.8. The van der Waals surface area contributed by atoms with Crippen molar-refractivity contribution < 1.29 is 9.13 Å². The van der Waals surface area contributed by atoms with Gasteiger partial charge in [-0.05, 0) is 12.8 Å². The molecule has 0 N–H and O–H groups in total. The van der Waals surface area contributed by atoms with Crippen molar-refractivity contribution in [2.75, 3.05) is 0 Å². The Morgan fingerprint density at radius 2 is 2.29 bits per heavy atom. The van der Waals surface area contributed by atoms with E-state index in [1.165, 1.54) is 29.6 Å². The SMILES string of the molecule is C=Nc1ncnc2c1ncn2[C@@H]1OC=C[C@@H]1F. The zero-order chi connectivity index (χ0) is 11.8. The molecule has 0 bridgehead atoms. The summed E-state index contributed by atoms with van der Waals surface area (Å²) in [6.45, 7) is 3.40. The van der Waals surface area contributed by atoms with Crippen LogP contribution in [0.2, 0.25) is 0 Å². The zero-order valence-corrected chi connectivity index (χ0v) is 8.69. The third kappa shape index (κ3) is 1.39. The van der Waals surface area contributed by atoms with Crippen molar-refractivity contribution in [3.05, 3.63) is 25.0 Å². The second kappa shape index (κ2) is 3.62. The molecule has 0 aliphatic carbocycles. The second-order valence-corrected chi connectivity index (χ2v) is 3.48. The predicted octanol–water partition coefficient (Wildman–Crippen LogP) is 1.54. The van der Waals surface area contributed by atoms with E-state index in [0.29, 0.717) is 17.0 Å². The molecule has 3 heterocycles. The highest BCUT2D eigenvalue weighted by Gasteiger charge is 2.28. The highest BCUT2D eigenvalue weighted by molar-refractivity contribution is 5.81. The number of ether oxygens (including phenoxy) is 1. The van der Waals surface area contributed by atoms with Crippen LogP contribution in [0.4, 0.5) is 10.2 Å². The van der Waals surface area contributed by atoms with Crippen LogP contribution in [0.25, 0.3) is 11.2 Å². The van der Waals surface area contributed by atoms with Crippen molar-refractivity contribution in [3.63, 3.8) is 0 Å². The number of aromatic nitrogens is 4. The standard InChI is InChI=1S/C10H8FN5O/c1-12-8-7-9(14-4-13-8)16(5-15-7)10-6(11)2-3-17-10/h2-6,10H,1H2/t6-,10+/m0/s1. The van der Waals surface area contributed by atoms with Crippen LogP contribution >= 0.6 is 0 Å². The van der Waals surface area contributed by atoms with E-state index in [2.05, 4.69) is 26.7 Å². The van der Waals surface area contributed by atoms with Gasteiger partial charge in [0.05, 0.1) is 6.26 Å². The lowest BCUT2D eigenvalue weighted by molar-refractivity contribution is 0.0541. The molecule has 86 valence electrons. The molecule has 6 nitrogen and oxygen atoms in total. The molecule has 0 aromatic carbocycles. The number of alkyl halides is 1. The van der Waals surface area contributed by atoms with Crippen LogP contribution < -0.4 is 0 Å². The smallest absolute Gasteiger partial charge is 0.212 e. The molecule has 0 saturated carbocycles. The Labute approximate surface area is 95.5 Å². The maximum atomic E-state index is 13.5. The van der Waals surface area contributed by atoms with E-state index in [1.807, 2.05) is 0 Å². The fourth-order valence-electron chi connectivity index (χ4n) is 1.73. The first-order valence-electron chi connectivity index (χ1n) is 4.91. The molecule has 0 saturated heterocycles. The van der Waals surface area contributed by atoms with Crippen molar-refractivity contribution in [1.29, 1.82) is 0 Å². The molecule has 17 heavy (non-hydrogen) atoms. The topological polar surface area (TPSA) is 65.2 Å². The number of halogens is 1. The van der Waals surface area contributed by atoms with Gasteiger partial charge in [0, 0.05) is 0 Å². The summed E-state index contributed by atoms with van der Waals surface area (Å²) in [7, 11) is 0. The van der Waals surface area contributed by atoms with Crippen molar-refractivity contribution in [3.8, 4) is 0 Å². The first-order chi connectivity index (χ1) is 8.31. The van der Waals surface area contributed by atoms with Gasteiger partial charge in [0.25, 0.3) is 0 Å². The number of imidazole rings is 1. The summed E-state index contributed by atoms with van der Waals surface area (Å²) in [6.07, 6.45) is 3.47. The molecule has 1 aliphatic rings. The molecular formula is C10H8FN5O. The van der Waals surface area contributed by atoms with Gasteiger partial charge in [0.1, 0.15) is 12.7 Å². The van der Waals surface area contributed by atoms with Crippen LogP contribution in [-0.4, -0.2) is 32.4 Å². The van der Waals surface area contributed by atoms with Gasteiger partial charge >= 0.3 is 0 Å². The number of rotatable bonds is 2. The van der Waals surface area contributed by atoms with Gasteiger partial charge in [-0.25, -0.2) is 24.3 Å². The van der Waals surface area contributed by atoms with Gasteiger partial charge in [0.15, 0.2) is 23.2 Å². The van der Waals surface area contributed by atoms with Crippen LogP contribution in [0.5, 0.6) is 0 Å². The Hall–Kier alpha value is -2.31. The van der Waals surface area contributed by atoms with E-state index in [0.717, 1.165) is 0 Å². The van der Waals surface area contributed by atoms with Gasteiger partial charge in [-0.15, -0.1) is 0 Å². The number of nitrogens with zero attached hydrogens (tertiary/aromatic N) is 5. The lowest BCUT2D eigenvalue weighted by Crippen LogP contribution is -2.16. The molecule has 2 atom stereocenters. The Morgan fingerprint density at radius 1 is 1.41 bits per heavy atom. The molecule has 2 aromatic heterocycles. The van der Waals surface area contributed by atoms with Gasteiger partial charge in [-0.2, -0.15) is 0 Å². The average Bonchev–Trinajstić information content (AvgIpc) is 2.94. The van der Waals surface area contributed by atoms with E-state index in [9.17, 15) is 4.39 Å². The van der Waals surface area contributed by atoms with Gasteiger partial charge < -0.3 is 4.74 Å². The maximum absolute atomic E-state index is 13.5. The van der Waals surface area contributed by atoms with E-state index < -0.39 is 12.4 Å². The van der Waals surface area contributed by atoms with Crippen molar-refractivity contribution >= 4 is 23.7 Å². The average molecular weight is 233 g/mol. The third-order valence-electron chi connectivity index (χ3n) is 2.52. The molecule has 7 heteroatoms. The van der Waals surface area contributed by atoms with Crippen molar-refractivity contribution in [1.82, 2.24) is 19.5 Å². The largest absolute Gasteiger partial charge is 0.474 e. The fourth-order valence-corrected chi connectivity index (χ4v) is 1.73. The number of hydrogen-bond donors (Lipinski definition) is 0. The molecule has 0 unspecified atom stereocenters. The van der Waals surface area contributed by atoms with Crippen LogP contribution in [0.3, 0.4) is 0 Å². The molecule has 0 amide bonds. The quantitative estimate of drug-likeness (QED) is 0.738. The Kier molecular flexibility index (Phi) is 2.10. The molecule has 1 aliphatic heterocycles. The summed E-state index contributed by atoms with van der Waals surface area (Å²) < 4.78 is 20.2. The van der Waals surface area contributed by atoms with Crippen LogP contribution in [0.15, 0.2) is 30.0 Å². The summed E-state index contributed by atoms with van der Waals surface area (Å²) in [6, 6.07) is 0. The van der Waals surface area contributed by atoms with Gasteiger partial charge in [0.2, 0.25) is 6.23 Å². The van der Waals surface area contributed by atoms with E-state index >= 15 is 0 Å². The van der Waals surface area contributed by atoms with E-state index in [-0.39, 0.29) is 0 Å². The third-order valence-corrected chi connectivity index (χ3v) is 2.52. The van der Waals surface area contributed by atoms with Gasteiger partial charge in [-0.3, -0.25) is 4.57 Å². The fraction of sp³-hybridized carbons (Fsp3) is 0.200. The predicted molar refractivity (Wildman–Crippen MR) is 58.7 cm³/mol. The Bertz CT molecular complexity index is 608. The Balaban J connectivity index is 2.15. The summed E-state index contributed by atoms with van der Waals surface area (Å²) in [5.41, 5.74) is 0.948. The summed E-state index contributed by atoms with van der Waals surface area (Å²) in [5.74, 6) is 0.370. The first-order valence-corrected chi connectivity index (χ1v) is 4.91. The molecular weight excluding hydrogens is 225 g/mol. The molecule has 0 spiro atoms. The van der Waals surface area contributed by atoms with Crippen molar-refractivity contribution in [2.24, 2.45) is 4.99 Å². The molecule has 0 radical (unpaired) electrons. The zero-order valence-electron chi connectivity index (χ0n) is 8.69. The van der Waals surface area contributed by atoms with E-state index in [1.54, 1.807) is 0 Å². The second-order valence-electron chi connectivity index (χ2n) is 3.48. The summed E-state index contributed by atoms with van der Waals surface area (Å²) in [5, 5.41) is 0. The Morgan fingerprint density at radius 3 is 3.00 bits per heavy atom. The molecule has 2 aromatic rings. The monoisotopic (exact) mass is 233 g/mol. The number of hydrogen-bond acceptors (Lipinski definition) is 5.